The van der Waals surface area contributed by atoms with Gasteiger partial charge in [0.25, 0.3) is 0 Å². The molecule has 162 valence electrons. The molecule has 6 nitrogen and oxygen atoms in total. The number of carbonyl (C=O) groups excluding carboxylic acids is 1. The summed E-state index contributed by atoms with van der Waals surface area (Å²) in [6.07, 6.45) is 0.598. The number of hydrogen-bond acceptors (Lipinski definition) is 6. The Morgan fingerprint density at radius 3 is 2.55 bits per heavy atom. The van der Waals surface area contributed by atoms with E-state index in [9.17, 15) is 13.2 Å². The average molecular weight is 456 g/mol. The molecule has 1 aliphatic rings. The Morgan fingerprint density at radius 2 is 1.87 bits per heavy atom. The largest absolute Gasteiger partial charge is 0.344 e. The molecule has 1 atom stereocenters. The molecule has 1 saturated heterocycles. The number of rotatable bonds is 6. The summed E-state index contributed by atoms with van der Waals surface area (Å²) < 4.78 is 25.8. The maximum absolute atomic E-state index is 13.0. The van der Waals surface area contributed by atoms with Crippen LogP contribution >= 0.6 is 11.8 Å². The van der Waals surface area contributed by atoms with Gasteiger partial charge in [0, 0.05) is 34.3 Å². The first-order valence-corrected chi connectivity index (χ1v) is 13.0. The molecule has 0 aliphatic carbocycles. The second-order valence-corrected chi connectivity index (χ2v) is 11.1. The first-order chi connectivity index (χ1) is 14.7. The maximum Gasteiger partial charge on any atom is 0.188 e. The van der Waals surface area contributed by atoms with Crippen LogP contribution in [0.2, 0.25) is 0 Å². The van der Waals surface area contributed by atoms with Gasteiger partial charge in [0.05, 0.1) is 23.0 Å². The molecule has 1 aromatic carbocycles. The molecule has 0 amide bonds. The summed E-state index contributed by atoms with van der Waals surface area (Å²) in [5, 5.41) is 0.572. The molecule has 0 unspecified atom stereocenters. The fourth-order valence-corrected chi connectivity index (χ4v) is 6.66. The minimum Gasteiger partial charge on any atom is -0.344 e. The van der Waals surface area contributed by atoms with Gasteiger partial charge in [-0.25, -0.2) is 18.4 Å². The number of hydrogen-bond donors (Lipinski definition) is 0. The van der Waals surface area contributed by atoms with Gasteiger partial charge in [-0.15, -0.1) is 0 Å². The summed E-state index contributed by atoms with van der Waals surface area (Å²) in [6, 6.07) is 13.6. The van der Waals surface area contributed by atoms with E-state index in [0.717, 1.165) is 28.3 Å². The van der Waals surface area contributed by atoms with E-state index in [2.05, 4.69) is 9.97 Å². The highest BCUT2D eigenvalue weighted by Crippen LogP contribution is 2.30. The fraction of sp³-hybridized carbons (Fsp3) is 0.348. The van der Waals surface area contributed by atoms with Crippen LogP contribution in [0, 0.1) is 20.8 Å². The van der Waals surface area contributed by atoms with Gasteiger partial charge in [-0.05, 0) is 39.3 Å². The van der Waals surface area contributed by atoms with Crippen molar-refractivity contribution >= 4 is 27.4 Å². The number of Topliss-reactive ketones (excluding diaryl/α,β-unsaturated/α-hetero) is 1. The first-order valence-electron chi connectivity index (χ1n) is 10.2. The number of sulfone groups is 1. The van der Waals surface area contributed by atoms with Crippen LogP contribution in [0.15, 0.2) is 47.6 Å². The summed E-state index contributed by atoms with van der Waals surface area (Å²) in [6.45, 7) is 5.74. The molecule has 0 bridgehead atoms. The van der Waals surface area contributed by atoms with Crippen molar-refractivity contribution in [1.82, 2.24) is 14.5 Å². The van der Waals surface area contributed by atoms with E-state index in [0.29, 0.717) is 17.1 Å². The molecule has 8 heteroatoms. The highest BCUT2D eigenvalue weighted by atomic mass is 32.2. The smallest absolute Gasteiger partial charge is 0.188 e. The topological polar surface area (TPSA) is 81.9 Å². The van der Waals surface area contributed by atoms with Crippen LogP contribution in [-0.4, -0.2) is 46.0 Å². The van der Waals surface area contributed by atoms with Crippen LogP contribution in [0.4, 0.5) is 0 Å². The Kier molecular flexibility index (Phi) is 6.03. The number of aromatic nitrogens is 3. The molecule has 1 aliphatic heterocycles. The van der Waals surface area contributed by atoms with Crippen LogP contribution < -0.4 is 0 Å². The van der Waals surface area contributed by atoms with Crippen LogP contribution in [-0.2, 0) is 9.84 Å². The first kappa shape index (κ1) is 21.8. The van der Waals surface area contributed by atoms with Gasteiger partial charge in [-0.1, -0.05) is 42.1 Å². The van der Waals surface area contributed by atoms with Crippen molar-refractivity contribution in [2.24, 2.45) is 0 Å². The highest BCUT2D eigenvalue weighted by Gasteiger charge is 2.31. The molecular formula is C23H25N3O3S2. The molecule has 0 saturated carbocycles. The van der Waals surface area contributed by atoms with Gasteiger partial charge in [0.15, 0.2) is 20.8 Å². The minimum atomic E-state index is -2.99. The maximum atomic E-state index is 13.0. The molecule has 1 fully saturated rings. The SMILES string of the molecule is Cc1cc(-c2ccccc2)nc(SCC(=O)c2cc(C)n([C@H]3CCS(=O)(=O)C3)c2C)n1. The molecule has 0 N–H and O–H groups in total. The molecule has 3 aromatic rings. The Labute approximate surface area is 187 Å². The van der Waals surface area contributed by atoms with Crippen LogP contribution in [0.25, 0.3) is 11.3 Å². The molecule has 2 aromatic heterocycles. The van der Waals surface area contributed by atoms with Crippen LogP contribution in [0.1, 0.15) is 39.9 Å². The standard InChI is InChI=1S/C23H25N3O3S2/c1-15-11-21(18-7-5-4-6-8-18)25-23(24-15)30-13-22(27)20-12-16(2)26(17(20)3)19-9-10-31(28,29)14-19/h4-8,11-12,19H,9-10,13-14H2,1-3H3/t19-/m0/s1. The zero-order valence-electron chi connectivity index (χ0n) is 17.8. The van der Waals surface area contributed by atoms with Gasteiger partial charge in [0.1, 0.15) is 0 Å². The lowest BCUT2D eigenvalue weighted by atomic mass is 10.1. The predicted molar refractivity (Wildman–Crippen MR) is 123 cm³/mol. The molecule has 0 spiro atoms. The lowest BCUT2D eigenvalue weighted by Gasteiger charge is -2.16. The van der Waals surface area contributed by atoms with Crippen molar-refractivity contribution in [1.29, 1.82) is 0 Å². The van der Waals surface area contributed by atoms with Crippen molar-refractivity contribution in [3.8, 4) is 11.3 Å². The normalized spacial score (nSPS) is 17.7. The third kappa shape index (κ3) is 4.75. The van der Waals surface area contributed by atoms with Crippen molar-refractivity contribution in [2.45, 2.75) is 38.4 Å². The number of thioether (sulfide) groups is 1. The molecule has 0 radical (unpaired) electrons. The second-order valence-electron chi connectivity index (χ2n) is 7.97. The number of nitrogens with zero attached hydrogens (tertiary/aromatic N) is 3. The van der Waals surface area contributed by atoms with Crippen molar-refractivity contribution < 1.29 is 13.2 Å². The lowest BCUT2D eigenvalue weighted by Crippen LogP contribution is -2.14. The van der Waals surface area contributed by atoms with Crippen LogP contribution in [0.3, 0.4) is 0 Å². The van der Waals surface area contributed by atoms with Crippen molar-refractivity contribution in [3.05, 3.63) is 65.1 Å². The minimum absolute atomic E-state index is 0.00317. The second kappa shape index (κ2) is 8.59. The summed E-state index contributed by atoms with van der Waals surface area (Å²) in [5.74, 6) is 0.579. The quantitative estimate of drug-likeness (QED) is 0.315. The fourth-order valence-electron chi connectivity index (χ4n) is 4.17. The van der Waals surface area contributed by atoms with E-state index in [-0.39, 0.29) is 29.1 Å². The van der Waals surface area contributed by atoms with Gasteiger partial charge in [0.2, 0.25) is 0 Å². The Bertz CT molecular complexity index is 1230. The molecule has 31 heavy (non-hydrogen) atoms. The monoisotopic (exact) mass is 455 g/mol. The molecule has 3 heterocycles. The predicted octanol–water partition coefficient (Wildman–Crippen LogP) is 4.20. The van der Waals surface area contributed by atoms with E-state index < -0.39 is 9.84 Å². The van der Waals surface area contributed by atoms with Crippen LogP contribution in [0.5, 0.6) is 0 Å². The van der Waals surface area contributed by atoms with E-state index in [1.807, 2.05) is 67.8 Å². The Balaban J connectivity index is 1.51. The van der Waals surface area contributed by atoms with E-state index in [1.54, 1.807) is 0 Å². The zero-order chi connectivity index (χ0) is 22.2. The third-order valence-corrected chi connectivity index (χ3v) is 8.19. The van der Waals surface area contributed by atoms with Gasteiger partial charge >= 0.3 is 0 Å². The summed E-state index contributed by atoms with van der Waals surface area (Å²) in [4.78, 5) is 22.1. The average Bonchev–Trinajstić information content (AvgIpc) is 3.24. The lowest BCUT2D eigenvalue weighted by molar-refractivity contribution is 0.102. The number of carbonyl (C=O) groups is 1. The zero-order valence-corrected chi connectivity index (χ0v) is 19.5. The van der Waals surface area contributed by atoms with E-state index in [4.69, 9.17) is 0 Å². The van der Waals surface area contributed by atoms with E-state index >= 15 is 0 Å². The molecule has 4 rings (SSSR count). The van der Waals surface area contributed by atoms with Crippen molar-refractivity contribution in [2.75, 3.05) is 17.3 Å². The molecular weight excluding hydrogens is 430 g/mol. The van der Waals surface area contributed by atoms with Gasteiger partial charge in [-0.2, -0.15) is 0 Å². The Morgan fingerprint density at radius 1 is 1.13 bits per heavy atom. The third-order valence-electron chi connectivity index (χ3n) is 5.59. The van der Waals surface area contributed by atoms with Gasteiger partial charge in [-0.3, -0.25) is 4.79 Å². The Hall–Kier alpha value is -2.45. The summed E-state index contributed by atoms with van der Waals surface area (Å²) in [5.41, 5.74) is 5.10. The van der Waals surface area contributed by atoms with Crippen molar-refractivity contribution in [3.63, 3.8) is 0 Å². The number of aryl methyl sites for hydroxylation is 2. The van der Waals surface area contributed by atoms with E-state index in [1.165, 1.54) is 11.8 Å². The highest BCUT2D eigenvalue weighted by molar-refractivity contribution is 7.99. The van der Waals surface area contributed by atoms with Gasteiger partial charge < -0.3 is 4.57 Å². The summed E-state index contributed by atoms with van der Waals surface area (Å²) in [7, 11) is -2.99. The number of ketones is 1. The number of benzene rings is 1. The summed E-state index contributed by atoms with van der Waals surface area (Å²) >= 11 is 1.33.